The maximum absolute atomic E-state index is 5.06. The van der Waals surface area contributed by atoms with Gasteiger partial charge in [0.2, 0.25) is 0 Å². The Morgan fingerprint density at radius 1 is 0.882 bits per heavy atom. The van der Waals surface area contributed by atoms with Crippen molar-refractivity contribution in [2.24, 2.45) is 7.05 Å². The van der Waals surface area contributed by atoms with Crippen LogP contribution in [0.4, 0.5) is 0 Å². The Labute approximate surface area is 215 Å². The van der Waals surface area contributed by atoms with Crippen molar-refractivity contribution in [3.8, 4) is 28.2 Å². The average Bonchev–Trinajstić information content (AvgIpc) is 3.41. The summed E-state index contributed by atoms with van der Waals surface area (Å²) in [7, 11) is 1.98. The Hall–Kier alpha value is -3.23. The van der Waals surface area contributed by atoms with Crippen LogP contribution in [0.5, 0.6) is 0 Å². The van der Waals surface area contributed by atoms with Gasteiger partial charge in [0, 0.05) is 24.9 Å². The van der Waals surface area contributed by atoms with Gasteiger partial charge in [0.05, 0.1) is 12.0 Å². The minimum absolute atomic E-state index is 0. The Balaban J connectivity index is 0.00000274. The van der Waals surface area contributed by atoms with E-state index in [0.29, 0.717) is 6.42 Å². The first-order valence-electron chi connectivity index (χ1n) is 11.1. The summed E-state index contributed by atoms with van der Waals surface area (Å²) in [4.78, 5) is 9.54. The molecule has 2 heterocycles. The Morgan fingerprint density at radius 2 is 1.65 bits per heavy atom. The van der Waals surface area contributed by atoms with Crippen LogP contribution >= 0.6 is 0 Å². The van der Waals surface area contributed by atoms with Crippen LogP contribution in [0.25, 0.3) is 28.2 Å². The smallest absolute Gasteiger partial charge is 0.350 e. The van der Waals surface area contributed by atoms with Gasteiger partial charge in [-0.3, -0.25) is 9.97 Å². The summed E-state index contributed by atoms with van der Waals surface area (Å²) >= 11 is 0. The molecule has 0 aliphatic carbocycles. The van der Waals surface area contributed by atoms with Gasteiger partial charge in [0.15, 0.2) is 0 Å². The van der Waals surface area contributed by atoms with Gasteiger partial charge < -0.3 is 9.13 Å². The van der Waals surface area contributed by atoms with Crippen LogP contribution in [0, 0.1) is 32.9 Å². The molecule has 0 saturated carbocycles. The maximum Gasteiger partial charge on any atom is 2.00 e. The van der Waals surface area contributed by atoms with E-state index in [1.54, 1.807) is 0 Å². The fraction of sp³-hybridized carbons (Fsp3) is 0.172. The molecule has 0 saturated heterocycles. The molecule has 0 unspecified atom stereocenters. The van der Waals surface area contributed by atoms with Gasteiger partial charge in [-0.2, -0.15) is 0 Å². The molecule has 5 heteroatoms. The topological polar surface area (TPSA) is 35.6 Å². The zero-order valence-electron chi connectivity index (χ0n) is 19.7. The van der Waals surface area contributed by atoms with Gasteiger partial charge in [-0.1, -0.05) is 17.7 Å². The molecule has 172 valence electrons. The van der Waals surface area contributed by atoms with Crippen molar-refractivity contribution in [3.63, 3.8) is 0 Å². The summed E-state index contributed by atoms with van der Waals surface area (Å²) in [5, 5.41) is 0. The van der Waals surface area contributed by atoms with Crippen LogP contribution in [0.1, 0.15) is 28.1 Å². The first-order chi connectivity index (χ1) is 16.0. The van der Waals surface area contributed by atoms with E-state index in [-0.39, 0.29) is 21.1 Å². The molecule has 0 atom stereocenters. The minimum atomic E-state index is 0. The quantitative estimate of drug-likeness (QED) is 0.223. The molecule has 34 heavy (non-hydrogen) atoms. The number of aryl methyl sites for hydroxylation is 4. The minimum Gasteiger partial charge on any atom is -0.350 e. The molecule has 0 amide bonds. The molecule has 5 aromatic rings. The van der Waals surface area contributed by atoms with E-state index in [9.17, 15) is 0 Å². The van der Waals surface area contributed by atoms with Crippen molar-refractivity contribution in [3.05, 3.63) is 114 Å². The largest absolute Gasteiger partial charge is 2.00 e. The van der Waals surface area contributed by atoms with Gasteiger partial charge in [0.1, 0.15) is 5.82 Å². The Bertz CT molecular complexity index is 1410. The second kappa shape index (κ2) is 9.95. The van der Waals surface area contributed by atoms with Crippen LogP contribution < -0.4 is 0 Å². The van der Waals surface area contributed by atoms with Crippen LogP contribution in [-0.2, 0) is 34.5 Å². The summed E-state index contributed by atoms with van der Waals surface area (Å²) in [5.74, 6) is 0.978. The maximum atomic E-state index is 5.06. The third-order valence-electron chi connectivity index (χ3n) is 5.83. The van der Waals surface area contributed by atoms with Crippen LogP contribution in [0.2, 0.25) is 0 Å². The monoisotopic (exact) mass is 625 g/mol. The van der Waals surface area contributed by atoms with Crippen molar-refractivity contribution < 1.29 is 21.1 Å². The van der Waals surface area contributed by atoms with E-state index >= 15 is 0 Å². The summed E-state index contributed by atoms with van der Waals surface area (Å²) in [5.41, 5.74) is 9.84. The molecule has 0 spiro atoms. The average molecular weight is 626 g/mol. The molecule has 0 fully saturated rings. The van der Waals surface area contributed by atoms with E-state index in [0.717, 1.165) is 33.9 Å². The number of aromatic nitrogens is 4. The fourth-order valence-electron chi connectivity index (χ4n) is 4.46. The van der Waals surface area contributed by atoms with Crippen molar-refractivity contribution >= 4 is 0 Å². The summed E-state index contributed by atoms with van der Waals surface area (Å²) < 4.78 is 4.19. The Kier molecular flexibility index (Phi) is 7.00. The van der Waals surface area contributed by atoms with Crippen LogP contribution in [0.15, 0.2) is 73.3 Å². The second-order valence-electron chi connectivity index (χ2n) is 8.63. The van der Waals surface area contributed by atoms with Crippen molar-refractivity contribution in [2.75, 3.05) is 0 Å². The zero-order chi connectivity index (χ0) is 22.9. The van der Waals surface area contributed by atoms with Crippen molar-refractivity contribution in [2.45, 2.75) is 27.2 Å². The van der Waals surface area contributed by atoms with Gasteiger partial charge in [-0.05, 0) is 44.3 Å². The molecular weight excluding hydrogens is 599 g/mol. The molecule has 4 nitrogen and oxygen atoms in total. The SMILES string of the molecule is Cc1cc(C)c(-n2cc(-c3[c-]cccc3)nc2Cc2[c-]c(-c3cn(C)cn3)ccc2)c(C)c1.[Pt+2]. The number of benzene rings is 3. The Morgan fingerprint density at radius 3 is 2.32 bits per heavy atom. The molecule has 3 aromatic carbocycles. The van der Waals surface area contributed by atoms with Crippen LogP contribution in [-0.4, -0.2) is 19.1 Å². The third kappa shape index (κ3) is 4.83. The molecule has 0 aliphatic heterocycles. The predicted molar refractivity (Wildman–Crippen MR) is 132 cm³/mol. The van der Waals surface area contributed by atoms with E-state index in [2.05, 4.69) is 85.1 Å². The van der Waals surface area contributed by atoms with Gasteiger partial charge >= 0.3 is 21.1 Å². The van der Waals surface area contributed by atoms with E-state index in [1.165, 1.54) is 22.4 Å². The van der Waals surface area contributed by atoms with Crippen LogP contribution in [0.3, 0.4) is 0 Å². The number of imidazole rings is 2. The molecule has 2 aromatic heterocycles. The molecule has 5 rings (SSSR count). The molecule has 0 bridgehead atoms. The third-order valence-corrected chi connectivity index (χ3v) is 5.83. The number of hydrogen-bond acceptors (Lipinski definition) is 2. The van der Waals surface area contributed by atoms with E-state index < -0.39 is 0 Å². The van der Waals surface area contributed by atoms with Gasteiger partial charge in [0.25, 0.3) is 0 Å². The van der Waals surface area contributed by atoms with E-state index in [1.807, 2.05) is 42.3 Å². The second-order valence-corrected chi connectivity index (χ2v) is 8.63. The summed E-state index contributed by atoms with van der Waals surface area (Å²) in [6, 6.07) is 25.5. The van der Waals surface area contributed by atoms with Gasteiger partial charge in [-0.15, -0.1) is 71.3 Å². The first-order valence-corrected chi connectivity index (χ1v) is 11.1. The molecule has 0 radical (unpaired) electrons. The van der Waals surface area contributed by atoms with Crippen molar-refractivity contribution in [1.29, 1.82) is 0 Å². The molecule has 0 aliphatic rings. The summed E-state index contributed by atoms with van der Waals surface area (Å²) in [6.45, 7) is 6.48. The van der Waals surface area contributed by atoms with Crippen molar-refractivity contribution in [1.82, 2.24) is 19.1 Å². The summed E-state index contributed by atoms with van der Waals surface area (Å²) in [6.07, 6.45) is 6.63. The zero-order valence-corrected chi connectivity index (χ0v) is 22.0. The van der Waals surface area contributed by atoms with E-state index in [4.69, 9.17) is 4.98 Å². The molecular formula is C29H26N4Pt. The number of rotatable bonds is 5. The van der Waals surface area contributed by atoms with Gasteiger partial charge in [-0.25, -0.2) is 0 Å². The standard InChI is InChI=1S/C29H26N4.Pt/c1-20-13-21(2)29(22(3)14-20)33-18-27(24-10-6-5-7-11-24)31-28(33)16-23-9-8-12-25(15-23)26-17-32(4)19-30-26;/h5-10,12-14,17-19H,16H2,1-4H3;/q-2;+2. The fourth-order valence-corrected chi connectivity index (χ4v) is 4.46. The number of nitrogens with zero attached hydrogens (tertiary/aromatic N) is 4. The predicted octanol–water partition coefficient (Wildman–Crippen LogP) is 6.05. The number of hydrogen-bond donors (Lipinski definition) is 0. The first kappa shape index (κ1) is 23.9. The normalized spacial score (nSPS) is 10.8. The molecule has 0 N–H and O–H groups in total.